The second-order valence-electron chi connectivity index (χ2n) is 8.09. The molecular formula is C28H19N3O5S. The van der Waals surface area contributed by atoms with Gasteiger partial charge < -0.3 is 0 Å². The number of hydrogen-bond donors (Lipinski definition) is 0. The molecule has 0 amide bonds. The van der Waals surface area contributed by atoms with Gasteiger partial charge in [0.1, 0.15) is 4.90 Å². The Bertz CT molecular complexity index is 1700. The molecule has 5 rings (SSSR count). The number of nitrogens with zero attached hydrogens (tertiary/aromatic N) is 3. The minimum atomic E-state index is -4.25. The zero-order valence-electron chi connectivity index (χ0n) is 19.3. The van der Waals surface area contributed by atoms with Crippen molar-refractivity contribution in [3.63, 3.8) is 0 Å². The van der Waals surface area contributed by atoms with E-state index in [0.29, 0.717) is 11.3 Å². The molecule has 182 valence electrons. The van der Waals surface area contributed by atoms with Gasteiger partial charge in [-0.1, -0.05) is 66.7 Å². The number of aromatic nitrogens is 2. The smallest absolute Gasteiger partial charge is 0.269 e. The highest BCUT2D eigenvalue weighted by molar-refractivity contribution is 7.91. The number of sulfone groups is 1. The van der Waals surface area contributed by atoms with Crippen molar-refractivity contribution < 1.29 is 18.1 Å². The monoisotopic (exact) mass is 509 g/mol. The number of benzene rings is 4. The summed E-state index contributed by atoms with van der Waals surface area (Å²) in [6, 6.07) is 30.4. The number of non-ortho nitro benzene ring substituents is 1. The van der Waals surface area contributed by atoms with Crippen LogP contribution in [0.4, 0.5) is 5.69 Å². The predicted octanol–water partition coefficient (Wildman–Crippen LogP) is 5.51. The molecule has 0 N–H and O–H groups in total. The van der Waals surface area contributed by atoms with E-state index < -0.39 is 20.5 Å². The van der Waals surface area contributed by atoms with E-state index >= 15 is 0 Å². The number of carbonyl (C=O) groups excluding carboxylic acids is 1. The molecule has 0 atom stereocenters. The summed E-state index contributed by atoms with van der Waals surface area (Å²) < 4.78 is 29.6. The summed E-state index contributed by atoms with van der Waals surface area (Å²) in [5, 5.41) is 15.8. The van der Waals surface area contributed by atoms with Crippen LogP contribution in [0.3, 0.4) is 0 Å². The Kier molecular flexibility index (Phi) is 6.21. The van der Waals surface area contributed by atoms with E-state index in [9.17, 15) is 23.3 Å². The molecule has 0 aliphatic heterocycles. The fourth-order valence-corrected chi connectivity index (χ4v) is 5.60. The number of nitro benzene ring substituents is 1. The van der Waals surface area contributed by atoms with Gasteiger partial charge >= 0.3 is 0 Å². The van der Waals surface area contributed by atoms with E-state index in [-0.39, 0.29) is 32.4 Å². The third-order valence-corrected chi connectivity index (χ3v) is 7.58. The van der Waals surface area contributed by atoms with Gasteiger partial charge in [0, 0.05) is 23.3 Å². The van der Waals surface area contributed by atoms with Crippen LogP contribution >= 0.6 is 0 Å². The number of nitro groups is 1. The lowest BCUT2D eigenvalue weighted by Crippen LogP contribution is -2.11. The van der Waals surface area contributed by atoms with Crippen LogP contribution in [0.15, 0.2) is 125 Å². The normalized spacial score (nSPS) is 11.2. The fraction of sp³-hybridized carbons (Fsp3) is 0. The Balaban J connectivity index is 1.87. The molecule has 0 aliphatic carbocycles. The Labute approximate surface area is 212 Å². The molecule has 1 heterocycles. The number of carbonyl (C=O) groups is 1. The van der Waals surface area contributed by atoms with Crippen LogP contribution in [-0.2, 0) is 9.84 Å². The second-order valence-corrected chi connectivity index (χ2v) is 9.98. The van der Waals surface area contributed by atoms with Crippen molar-refractivity contribution in [3.8, 4) is 16.9 Å². The van der Waals surface area contributed by atoms with Crippen LogP contribution < -0.4 is 0 Å². The molecule has 1 aromatic heterocycles. The largest absolute Gasteiger partial charge is 0.287 e. The SMILES string of the molecule is O=C(c1ccccc1)c1nn(-c2ccccc2)c(-c2ccc([N+](=O)[O-])cc2)c1S(=O)(=O)c1ccccc1. The average molecular weight is 510 g/mol. The highest BCUT2D eigenvalue weighted by atomic mass is 32.2. The Morgan fingerprint density at radius 3 is 1.86 bits per heavy atom. The molecular weight excluding hydrogens is 490 g/mol. The Morgan fingerprint density at radius 1 is 0.757 bits per heavy atom. The lowest BCUT2D eigenvalue weighted by Gasteiger charge is -2.11. The summed E-state index contributed by atoms with van der Waals surface area (Å²) in [6.45, 7) is 0. The van der Waals surface area contributed by atoms with Gasteiger partial charge in [0.05, 0.1) is 21.2 Å². The summed E-state index contributed by atoms with van der Waals surface area (Å²) in [7, 11) is -4.25. The van der Waals surface area contributed by atoms with Crippen LogP contribution in [0.25, 0.3) is 16.9 Å². The molecule has 0 unspecified atom stereocenters. The summed E-state index contributed by atoms with van der Waals surface area (Å²) in [5.74, 6) is -0.562. The maximum atomic E-state index is 14.1. The van der Waals surface area contributed by atoms with Crippen molar-refractivity contribution in [1.29, 1.82) is 0 Å². The second kappa shape index (κ2) is 9.63. The van der Waals surface area contributed by atoms with E-state index in [1.165, 1.54) is 41.1 Å². The zero-order valence-corrected chi connectivity index (χ0v) is 20.1. The maximum absolute atomic E-state index is 14.1. The molecule has 0 fully saturated rings. The van der Waals surface area contributed by atoms with Crippen molar-refractivity contribution >= 4 is 21.3 Å². The van der Waals surface area contributed by atoms with Crippen molar-refractivity contribution in [3.05, 3.63) is 137 Å². The molecule has 4 aromatic carbocycles. The predicted molar refractivity (Wildman–Crippen MR) is 137 cm³/mol. The highest BCUT2D eigenvalue weighted by Crippen LogP contribution is 2.37. The van der Waals surface area contributed by atoms with E-state index in [1.54, 1.807) is 78.9 Å². The van der Waals surface area contributed by atoms with E-state index in [4.69, 9.17) is 0 Å². The highest BCUT2D eigenvalue weighted by Gasteiger charge is 2.35. The standard InChI is InChI=1S/C28H19N3O5S/c32-27(21-10-4-1-5-11-21)25-28(37(35,36)24-14-8-3-9-15-24)26(20-16-18-23(19-17-20)31(33)34)30(29-25)22-12-6-2-7-13-22/h1-19H. The average Bonchev–Trinajstić information content (AvgIpc) is 3.36. The first kappa shape index (κ1) is 23.8. The van der Waals surface area contributed by atoms with Gasteiger partial charge in [0.15, 0.2) is 5.69 Å². The van der Waals surface area contributed by atoms with Crippen LogP contribution in [-0.4, -0.2) is 28.9 Å². The van der Waals surface area contributed by atoms with Crippen LogP contribution in [0, 0.1) is 10.1 Å². The first-order valence-electron chi connectivity index (χ1n) is 11.2. The van der Waals surface area contributed by atoms with Crippen molar-refractivity contribution in [2.45, 2.75) is 9.79 Å². The van der Waals surface area contributed by atoms with E-state index in [2.05, 4.69) is 5.10 Å². The lowest BCUT2D eigenvalue weighted by molar-refractivity contribution is -0.384. The first-order valence-corrected chi connectivity index (χ1v) is 12.7. The topological polar surface area (TPSA) is 112 Å². The molecule has 9 heteroatoms. The van der Waals surface area contributed by atoms with Crippen molar-refractivity contribution in [1.82, 2.24) is 9.78 Å². The van der Waals surface area contributed by atoms with Gasteiger partial charge in [-0.2, -0.15) is 5.10 Å². The maximum Gasteiger partial charge on any atom is 0.269 e. The number of hydrogen-bond acceptors (Lipinski definition) is 6. The Hall–Kier alpha value is -4.89. The zero-order chi connectivity index (χ0) is 26.0. The van der Waals surface area contributed by atoms with Gasteiger partial charge in [0.25, 0.3) is 5.69 Å². The molecule has 0 spiro atoms. The van der Waals surface area contributed by atoms with Gasteiger partial charge in [-0.05, 0) is 36.4 Å². The van der Waals surface area contributed by atoms with Crippen molar-refractivity contribution in [2.75, 3.05) is 0 Å². The summed E-state index contributed by atoms with van der Waals surface area (Å²) in [5.41, 5.74) is 0.884. The fourth-order valence-electron chi connectivity index (χ4n) is 4.00. The van der Waals surface area contributed by atoms with Crippen LogP contribution in [0.1, 0.15) is 16.1 Å². The summed E-state index contributed by atoms with van der Waals surface area (Å²) in [6.07, 6.45) is 0. The molecule has 37 heavy (non-hydrogen) atoms. The Morgan fingerprint density at radius 2 is 1.30 bits per heavy atom. The van der Waals surface area contributed by atoms with E-state index in [1.807, 2.05) is 0 Å². The number of ketones is 1. The number of para-hydroxylation sites is 1. The third-order valence-electron chi connectivity index (χ3n) is 5.77. The third kappa shape index (κ3) is 4.43. The van der Waals surface area contributed by atoms with Gasteiger partial charge in [0.2, 0.25) is 15.6 Å². The molecule has 0 saturated heterocycles. The quantitative estimate of drug-likeness (QED) is 0.162. The van der Waals surface area contributed by atoms with Crippen molar-refractivity contribution in [2.24, 2.45) is 0 Å². The minimum absolute atomic E-state index is 0.00659. The van der Waals surface area contributed by atoms with Crippen LogP contribution in [0.2, 0.25) is 0 Å². The molecule has 0 saturated carbocycles. The van der Waals surface area contributed by atoms with Gasteiger partial charge in [-0.3, -0.25) is 14.9 Å². The lowest BCUT2D eigenvalue weighted by atomic mass is 10.1. The van der Waals surface area contributed by atoms with Gasteiger partial charge in [-0.15, -0.1) is 0 Å². The van der Waals surface area contributed by atoms with Gasteiger partial charge in [-0.25, -0.2) is 13.1 Å². The van der Waals surface area contributed by atoms with Crippen LogP contribution in [0.5, 0.6) is 0 Å². The molecule has 5 aromatic rings. The summed E-state index contributed by atoms with van der Waals surface area (Å²) >= 11 is 0. The molecule has 0 bridgehead atoms. The summed E-state index contributed by atoms with van der Waals surface area (Å²) in [4.78, 5) is 24.1. The molecule has 8 nitrogen and oxygen atoms in total. The van der Waals surface area contributed by atoms with E-state index in [0.717, 1.165) is 0 Å². The minimum Gasteiger partial charge on any atom is -0.287 e. The molecule has 0 aliphatic rings. The first-order chi connectivity index (χ1) is 17.9. The number of rotatable bonds is 7. The molecule has 0 radical (unpaired) electrons.